The highest BCUT2D eigenvalue weighted by molar-refractivity contribution is 14.0. The van der Waals surface area contributed by atoms with Crippen molar-refractivity contribution in [2.75, 3.05) is 37.7 Å². The van der Waals surface area contributed by atoms with Crippen LogP contribution in [0.1, 0.15) is 12.5 Å². The van der Waals surface area contributed by atoms with Crippen LogP contribution in [0.4, 0.5) is 14.5 Å². The van der Waals surface area contributed by atoms with Gasteiger partial charge in [-0.15, -0.1) is 24.0 Å². The maximum atomic E-state index is 13.6. The molecule has 2 aromatic rings. The van der Waals surface area contributed by atoms with Crippen molar-refractivity contribution in [2.24, 2.45) is 4.99 Å². The van der Waals surface area contributed by atoms with Gasteiger partial charge in [-0.2, -0.15) is 0 Å². The summed E-state index contributed by atoms with van der Waals surface area (Å²) in [5.74, 6) is -0.648. The van der Waals surface area contributed by atoms with Crippen LogP contribution in [-0.4, -0.2) is 38.7 Å². The Kier molecular flexibility index (Phi) is 9.85. The van der Waals surface area contributed by atoms with Crippen molar-refractivity contribution in [3.63, 3.8) is 0 Å². The molecule has 0 fully saturated rings. The van der Waals surface area contributed by atoms with Crippen molar-refractivity contribution >= 4 is 35.6 Å². The summed E-state index contributed by atoms with van der Waals surface area (Å²) in [4.78, 5) is 6.90. The van der Waals surface area contributed by atoms with Gasteiger partial charge < -0.3 is 20.3 Å². The minimum atomic E-state index is -0.710. The molecule has 0 bridgehead atoms. The van der Waals surface area contributed by atoms with Crippen molar-refractivity contribution in [1.82, 2.24) is 10.6 Å². The van der Waals surface area contributed by atoms with Crippen LogP contribution < -0.4 is 20.3 Å². The van der Waals surface area contributed by atoms with Crippen LogP contribution in [0.25, 0.3) is 0 Å². The van der Waals surface area contributed by atoms with E-state index in [1.165, 1.54) is 17.8 Å². The van der Waals surface area contributed by atoms with E-state index >= 15 is 0 Å². The van der Waals surface area contributed by atoms with Gasteiger partial charge >= 0.3 is 0 Å². The topological polar surface area (TPSA) is 48.9 Å². The molecule has 1 heterocycles. The molecule has 162 valence electrons. The lowest BCUT2D eigenvalue weighted by Gasteiger charge is -2.18. The smallest absolute Gasteiger partial charge is 0.191 e. The molecule has 8 heteroatoms. The zero-order chi connectivity index (χ0) is 20.5. The first-order valence-corrected chi connectivity index (χ1v) is 9.74. The number of aliphatic imine (C=N–C) groups is 1. The third-order valence-corrected chi connectivity index (χ3v) is 4.40. The number of rotatable bonds is 8. The Morgan fingerprint density at radius 3 is 2.63 bits per heavy atom. The van der Waals surface area contributed by atoms with E-state index in [0.717, 1.165) is 31.3 Å². The molecule has 30 heavy (non-hydrogen) atoms. The van der Waals surface area contributed by atoms with Crippen LogP contribution in [0, 0.1) is 11.6 Å². The van der Waals surface area contributed by atoms with Gasteiger partial charge in [-0.05, 0) is 36.8 Å². The SMILES string of the molecule is CCNC(=NCc1cccc(N2CC=CC2)c1)NCCOc1ccc(F)cc1F.I. The molecule has 2 N–H and O–H groups in total. The summed E-state index contributed by atoms with van der Waals surface area (Å²) in [6, 6.07) is 11.6. The third kappa shape index (κ3) is 7.16. The van der Waals surface area contributed by atoms with Crippen molar-refractivity contribution in [2.45, 2.75) is 13.5 Å². The van der Waals surface area contributed by atoms with Gasteiger partial charge in [0.1, 0.15) is 12.4 Å². The maximum Gasteiger partial charge on any atom is 0.191 e. The number of benzene rings is 2. The van der Waals surface area contributed by atoms with E-state index in [2.05, 4.69) is 50.9 Å². The number of hydrogen-bond donors (Lipinski definition) is 2. The first-order valence-electron chi connectivity index (χ1n) is 9.74. The van der Waals surface area contributed by atoms with Gasteiger partial charge in [-0.3, -0.25) is 0 Å². The van der Waals surface area contributed by atoms with Gasteiger partial charge in [-0.1, -0.05) is 24.3 Å². The second kappa shape index (κ2) is 12.4. The fourth-order valence-electron chi connectivity index (χ4n) is 2.98. The monoisotopic (exact) mass is 528 g/mol. The van der Waals surface area contributed by atoms with E-state index in [-0.39, 0.29) is 36.3 Å². The number of anilines is 1. The van der Waals surface area contributed by atoms with Gasteiger partial charge in [0.25, 0.3) is 0 Å². The molecule has 0 saturated heterocycles. The van der Waals surface area contributed by atoms with E-state index in [9.17, 15) is 8.78 Å². The van der Waals surface area contributed by atoms with E-state index in [4.69, 9.17) is 4.74 Å². The minimum Gasteiger partial charge on any atom is -0.489 e. The Morgan fingerprint density at radius 1 is 1.10 bits per heavy atom. The predicted molar refractivity (Wildman–Crippen MR) is 128 cm³/mol. The van der Waals surface area contributed by atoms with E-state index in [0.29, 0.717) is 19.0 Å². The van der Waals surface area contributed by atoms with Crippen LogP contribution in [-0.2, 0) is 6.54 Å². The second-order valence-corrected chi connectivity index (χ2v) is 6.59. The summed E-state index contributed by atoms with van der Waals surface area (Å²) in [5, 5.41) is 6.34. The molecule has 0 amide bonds. The second-order valence-electron chi connectivity index (χ2n) is 6.59. The van der Waals surface area contributed by atoms with Crippen molar-refractivity contribution in [3.8, 4) is 5.75 Å². The number of guanidine groups is 1. The van der Waals surface area contributed by atoms with Gasteiger partial charge in [-0.25, -0.2) is 13.8 Å². The summed E-state index contributed by atoms with van der Waals surface area (Å²) in [6.07, 6.45) is 4.33. The lowest BCUT2D eigenvalue weighted by molar-refractivity contribution is 0.304. The Hall–Kier alpha value is -2.36. The molecule has 0 saturated carbocycles. The minimum absolute atomic E-state index is 0. The molecule has 0 unspecified atom stereocenters. The molecule has 3 rings (SSSR count). The standard InChI is InChI=1S/C22H26F2N4O.HI/c1-2-25-22(26-10-13-29-21-9-8-18(23)15-20(21)24)27-16-17-6-5-7-19(14-17)28-11-3-4-12-28;/h3-9,14-15H,2,10-13,16H2,1H3,(H2,25,26,27);1H. The molecule has 0 radical (unpaired) electrons. The van der Waals surface area contributed by atoms with Crippen molar-refractivity contribution in [1.29, 1.82) is 0 Å². The van der Waals surface area contributed by atoms with Crippen LogP contribution in [0.15, 0.2) is 59.6 Å². The molecule has 0 spiro atoms. The van der Waals surface area contributed by atoms with Gasteiger partial charge in [0.15, 0.2) is 17.5 Å². The molecule has 0 atom stereocenters. The summed E-state index contributed by atoms with van der Waals surface area (Å²) in [5.41, 5.74) is 2.31. The average molecular weight is 528 g/mol. The molecular formula is C22H27F2IN4O. The zero-order valence-electron chi connectivity index (χ0n) is 16.9. The first kappa shape index (κ1) is 23.9. The largest absolute Gasteiger partial charge is 0.489 e. The molecule has 2 aromatic carbocycles. The van der Waals surface area contributed by atoms with Crippen LogP contribution >= 0.6 is 24.0 Å². The summed E-state index contributed by atoms with van der Waals surface area (Å²) < 4.78 is 31.9. The number of ether oxygens (including phenoxy) is 1. The summed E-state index contributed by atoms with van der Waals surface area (Å²) in [6.45, 7) is 5.78. The molecular weight excluding hydrogens is 501 g/mol. The van der Waals surface area contributed by atoms with Crippen molar-refractivity contribution < 1.29 is 13.5 Å². The molecule has 1 aliphatic heterocycles. The fourth-order valence-corrected chi connectivity index (χ4v) is 2.98. The highest BCUT2D eigenvalue weighted by atomic mass is 127. The Labute approximate surface area is 193 Å². The van der Waals surface area contributed by atoms with Crippen molar-refractivity contribution in [3.05, 3.63) is 71.8 Å². The van der Waals surface area contributed by atoms with E-state index in [1.54, 1.807) is 0 Å². The number of hydrogen-bond acceptors (Lipinski definition) is 3. The maximum absolute atomic E-state index is 13.6. The fraction of sp³-hybridized carbons (Fsp3) is 0.318. The number of halogens is 3. The Bertz CT molecular complexity index is 868. The molecule has 1 aliphatic rings. The van der Waals surface area contributed by atoms with Crippen LogP contribution in [0.2, 0.25) is 0 Å². The third-order valence-electron chi connectivity index (χ3n) is 4.40. The normalized spacial score (nSPS) is 13.2. The average Bonchev–Trinajstić information content (AvgIpc) is 3.26. The van der Waals surface area contributed by atoms with Gasteiger partial charge in [0, 0.05) is 31.4 Å². The zero-order valence-corrected chi connectivity index (χ0v) is 19.2. The predicted octanol–water partition coefficient (Wildman–Crippen LogP) is 4.09. The van der Waals surface area contributed by atoms with Gasteiger partial charge in [0.05, 0.1) is 13.1 Å². The highest BCUT2D eigenvalue weighted by Crippen LogP contribution is 2.19. The number of nitrogens with one attached hydrogen (secondary N) is 2. The lowest BCUT2D eigenvalue weighted by Crippen LogP contribution is -2.39. The van der Waals surface area contributed by atoms with Crippen LogP contribution in [0.3, 0.4) is 0 Å². The van der Waals surface area contributed by atoms with Gasteiger partial charge in [0.2, 0.25) is 0 Å². The summed E-state index contributed by atoms with van der Waals surface area (Å²) >= 11 is 0. The Morgan fingerprint density at radius 2 is 1.90 bits per heavy atom. The highest BCUT2D eigenvalue weighted by Gasteiger charge is 2.08. The Balaban J connectivity index is 0.00000320. The molecule has 0 aromatic heterocycles. The van der Waals surface area contributed by atoms with E-state index in [1.807, 2.05) is 13.0 Å². The first-order chi connectivity index (χ1) is 14.2. The quantitative estimate of drug-likeness (QED) is 0.178. The molecule has 5 nitrogen and oxygen atoms in total. The lowest BCUT2D eigenvalue weighted by atomic mass is 10.2. The van der Waals surface area contributed by atoms with E-state index < -0.39 is 11.6 Å². The van der Waals surface area contributed by atoms with Crippen LogP contribution in [0.5, 0.6) is 5.75 Å². The molecule has 0 aliphatic carbocycles. The summed E-state index contributed by atoms with van der Waals surface area (Å²) in [7, 11) is 0. The number of nitrogens with zero attached hydrogens (tertiary/aromatic N) is 2.